The maximum atomic E-state index is 12.9. The summed E-state index contributed by atoms with van der Waals surface area (Å²) < 4.78 is 7.12. The smallest absolute Gasteiger partial charge is 0.254 e. The average Bonchev–Trinajstić information content (AvgIpc) is 3.14. The minimum atomic E-state index is 0.0915. The Morgan fingerprint density at radius 1 is 1.19 bits per heavy atom. The first-order valence-corrected chi connectivity index (χ1v) is 10.6. The summed E-state index contributed by atoms with van der Waals surface area (Å²) in [4.78, 5) is 25.6. The number of ether oxygens (including phenoxy) is 1. The maximum Gasteiger partial charge on any atom is 0.254 e. The minimum absolute atomic E-state index is 0.0915. The average molecular weight is 424 g/mol. The summed E-state index contributed by atoms with van der Waals surface area (Å²) in [5.74, 6) is 0.773. The molecule has 0 saturated carbocycles. The number of anilines is 2. The molecule has 2 N–H and O–H groups in total. The number of rotatable bonds is 6. The highest BCUT2D eigenvalue weighted by molar-refractivity contribution is 5.76. The third-order valence-electron chi connectivity index (χ3n) is 5.83. The SMILES string of the molecule is Cc1nc2nc(N)nn2c(C)c1CCC(=O)N(C)Cc1ccccc1N1CCOCC1. The van der Waals surface area contributed by atoms with Crippen LogP contribution in [0.5, 0.6) is 0 Å². The van der Waals surface area contributed by atoms with E-state index < -0.39 is 0 Å². The molecule has 0 radical (unpaired) electrons. The normalized spacial score (nSPS) is 14.2. The largest absolute Gasteiger partial charge is 0.378 e. The predicted octanol–water partition coefficient (Wildman–Crippen LogP) is 1.75. The van der Waals surface area contributed by atoms with Crippen LogP contribution in [0.2, 0.25) is 0 Å². The monoisotopic (exact) mass is 423 g/mol. The molecule has 1 fully saturated rings. The Morgan fingerprint density at radius 3 is 2.71 bits per heavy atom. The number of amides is 1. The van der Waals surface area contributed by atoms with Crippen molar-refractivity contribution in [2.24, 2.45) is 0 Å². The number of aryl methyl sites for hydroxylation is 2. The van der Waals surface area contributed by atoms with Crippen molar-refractivity contribution in [1.82, 2.24) is 24.5 Å². The van der Waals surface area contributed by atoms with Crippen LogP contribution in [-0.2, 0) is 22.5 Å². The molecule has 0 spiro atoms. The molecule has 2 aromatic heterocycles. The summed E-state index contributed by atoms with van der Waals surface area (Å²) in [5.41, 5.74) is 10.8. The number of benzene rings is 1. The first-order chi connectivity index (χ1) is 14.9. The third kappa shape index (κ3) is 4.46. The van der Waals surface area contributed by atoms with Crippen molar-refractivity contribution in [1.29, 1.82) is 0 Å². The molecular formula is C22H29N7O2. The minimum Gasteiger partial charge on any atom is -0.378 e. The first kappa shape index (κ1) is 21.0. The molecule has 1 aromatic carbocycles. The van der Waals surface area contributed by atoms with E-state index in [0.717, 1.165) is 48.8 Å². The second-order valence-electron chi connectivity index (χ2n) is 7.92. The van der Waals surface area contributed by atoms with Crippen LogP contribution >= 0.6 is 0 Å². The molecule has 31 heavy (non-hydrogen) atoms. The van der Waals surface area contributed by atoms with E-state index in [2.05, 4.69) is 32.1 Å². The second-order valence-corrected chi connectivity index (χ2v) is 7.92. The lowest BCUT2D eigenvalue weighted by molar-refractivity contribution is -0.130. The zero-order valence-corrected chi connectivity index (χ0v) is 18.3. The Hall–Kier alpha value is -3.20. The van der Waals surface area contributed by atoms with Crippen LogP contribution in [0.3, 0.4) is 0 Å². The fourth-order valence-corrected chi connectivity index (χ4v) is 4.11. The van der Waals surface area contributed by atoms with Crippen LogP contribution in [0.25, 0.3) is 5.78 Å². The predicted molar refractivity (Wildman–Crippen MR) is 119 cm³/mol. The molecule has 0 atom stereocenters. The molecule has 0 bridgehead atoms. The number of carbonyl (C=O) groups excluding carboxylic acids is 1. The van der Waals surface area contributed by atoms with Crippen LogP contribution in [0.15, 0.2) is 24.3 Å². The Balaban J connectivity index is 1.44. The van der Waals surface area contributed by atoms with Crippen LogP contribution in [-0.4, -0.2) is 63.7 Å². The highest BCUT2D eigenvalue weighted by Gasteiger charge is 2.18. The van der Waals surface area contributed by atoms with Crippen molar-refractivity contribution < 1.29 is 9.53 Å². The van der Waals surface area contributed by atoms with E-state index in [9.17, 15) is 4.79 Å². The van der Waals surface area contributed by atoms with E-state index in [1.165, 1.54) is 5.69 Å². The summed E-state index contributed by atoms with van der Waals surface area (Å²) >= 11 is 0. The van der Waals surface area contributed by atoms with Gasteiger partial charge in [-0.05, 0) is 37.5 Å². The van der Waals surface area contributed by atoms with Crippen LogP contribution < -0.4 is 10.6 Å². The number of morpholine rings is 1. The summed E-state index contributed by atoms with van der Waals surface area (Å²) in [6.07, 6.45) is 0.990. The second kappa shape index (κ2) is 8.89. The summed E-state index contributed by atoms with van der Waals surface area (Å²) in [7, 11) is 1.86. The highest BCUT2D eigenvalue weighted by atomic mass is 16.5. The number of nitrogens with two attached hydrogens (primary N) is 1. The number of nitrogen functional groups attached to an aromatic ring is 1. The van der Waals surface area contributed by atoms with E-state index in [0.29, 0.717) is 25.2 Å². The van der Waals surface area contributed by atoms with Gasteiger partial charge in [-0.15, -0.1) is 5.10 Å². The summed E-state index contributed by atoms with van der Waals surface area (Å²) in [5, 5.41) is 4.20. The molecule has 3 heterocycles. The summed E-state index contributed by atoms with van der Waals surface area (Å²) in [6, 6.07) is 8.28. The molecule has 1 saturated heterocycles. The van der Waals surface area contributed by atoms with E-state index in [1.54, 1.807) is 9.42 Å². The Morgan fingerprint density at radius 2 is 1.94 bits per heavy atom. The number of carbonyl (C=O) groups is 1. The van der Waals surface area contributed by atoms with Gasteiger partial charge in [0.25, 0.3) is 5.78 Å². The van der Waals surface area contributed by atoms with Gasteiger partial charge in [-0.25, -0.2) is 4.98 Å². The summed E-state index contributed by atoms with van der Waals surface area (Å²) in [6.45, 7) is 7.67. The van der Waals surface area contributed by atoms with Crippen molar-refractivity contribution in [3.63, 3.8) is 0 Å². The van der Waals surface area contributed by atoms with E-state index in [4.69, 9.17) is 10.5 Å². The van der Waals surface area contributed by atoms with Gasteiger partial charge in [-0.2, -0.15) is 9.50 Å². The first-order valence-electron chi connectivity index (χ1n) is 10.6. The molecule has 0 aliphatic carbocycles. The zero-order valence-electron chi connectivity index (χ0n) is 18.3. The van der Waals surface area contributed by atoms with Gasteiger partial charge in [0.05, 0.1) is 13.2 Å². The van der Waals surface area contributed by atoms with E-state index >= 15 is 0 Å². The highest BCUT2D eigenvalue weighted by Crippen LogP contribution is 2.23. The Labute approximate surface area is 181 Å². The molecule has 3 aromatic rings. The van der Waals surface area contributed by atoms with Gasteiger partial charge in [-0.3, -0.25) is 4.79 Å². The number of hydrogen-bond donors (Lipinski definition) is 1. The number of fused-ring (bicyclic) bond motifs is 1. The van der Waals surface area contributed by atoms with Crippen LogP contribution in [0.1, 0.15) is 28.9 Å². The standard InChI is InChI=1S/C22H29N7O2/c1-15-18(16(2)29-22(24-15)25-21(23)26-29)8-9-20(30)27(3)14-17-6-4-5-7-19(17)28-10-12-31-13-11-28/h4-7H,8-14H2,1-3H3,(H2,23,26). The van der Waals surface area contributed by atoms with Crippen LogP contribution in [0, 0.1) is 13.8 Å². The van der Waals surface area contributed by atoms with Gasteiger partial charge < -0.3 is 20.3 Å². The van der Waals surface area contributed by atoms with Gasteiger partial charge in [0.2, 0.25) is 11.9 Å². The molecule has 1 amide bonds. The Kier molecular flexibility index (Phi) is 6.03. The topological polar surface area (TPSA) is 102 Å². The maximum absolute atomic E-state index is 12.9. The van der Waals surface area contributed by atoms with E-state index in [1.807, 2.05) is 33.0 Å². The molecule has 0 unspecified atom stereocenters. The number of aromatic nitrogens is 4. The number of para-hydroxylation sites is 1. The third-order valence-corrected chi connectivity index (χ3v) is 5.83. The van der Waals surface area contributed by atoms with Crippen molar-refractivity contribution in [3.8, 4) is 0 Å². The molecule has 9 nitrogen and oxygen atoms in total. The number of hydrogen-bond acceptors (Lipinski definition) is 7. The van der Waals surface area contributed by atoms with Gasteiger partial charge in [0.1, 0.15) is 0 Å². The van der Waals surface area contributed by atoms with Crippen molar-refractivity contribution in [2.45, 2.75) is 33.2 Å². The molecule has 164 valence electrons. The van der Waals surface area contributed by atoms with Crippen molar-refractivity contribution in [2.75, 3.05) is 44.0 Å². The van der Waals surface area contributed by atoms with Crippen LogP contribution in [0.4, 0.5) is 11.6 Å². The zero-order chi connectivity index (χ0) is 22.0. The van der Waals surface area contributed by atoms with Gasteiger partial charge >= 0.3 is 0 Å². The number of nitrogens with zero attached hydrogens (tertiary/aromatic N) is 6. The lowest BCUT2D eigenvalue weighted by Gasteiger charge is -2.31. The lowest BCUT2D eigenvalue weighted by Crippen LogP contribution is -2.37. The fraction of sp³-hybridized carbons (Fsp3) is 0.455. The van der Waals surface area contributed by atoms with Gasteiger partial charge in [-0.1, -0.05) is 18.2 Å². The van der Waals surface area contributed by atoms with Crippen molar-refractivity contribution >= 4 is 23.3 Å². The molecular weight excluding hydrogens is 394 g/mol. The molecule has 9 heteroatoms. The lowest BCUT2D eigenvalue weighted by atomic mass is 10.1. The fourth-order valence-electron chi connectivity index (χ4n) is 4.11. The van der Waals surface area contributed by atoms with E-state index in [-0.39, 0.29) is 11.9 Å². The molecule has 1 aliphatic heterocycles. The molecule has 4 rings (SSSR count). The Bertz CT molecular complexity index is 1090. The van der Waals surface area contributed by atoms with Crippen molar-refractivity contribution in [3.05, 3.63) is 46.8 Å². The van der Waals surface area contributed by atoms with Gasteiger partial charge in [0, 0.05) is 50.2 Å². The van der Waals surface area contributed by atoms with Gasteiger partial charge in [0.15, 0.2) is 0 Å². The molecule has 1 aliphatic rings. The quantitative estimate of drug-likeness (QED) is 0.644.